The van der Waals surface area contributed by atoms with Gasteiger partial charge in [-0.15, -0.1) is 0 Å². The van der Waals surface area contributed by atoms with E-state index in [2.05, 4.69) is 5.32 Å². The molecule has 0 saturated carbocycles. The lowest BCUT2D eigenvalue weighted by molar-refractivity contribution is -0.148. The minimum atomic E-state index is -0.431. The second-order valence-corrected chi connectivity index (χ2v) is 8.00. The highest BCUT2D eigenvalue weighted by Crippen LogP contribution is 2.26. The number of nitrogens with one attached hydrogen (secondary N) is 1. The average molecular weight is 426 g/mol. The van der Waals surface area contributed by atoms with Gasteiger partial charge in [-0.3, -0.25) is 9.59 Å². The molecule has 164 valence electrons. The van der Waals surface area contributed by atoms with Crippen molar-refractivity contribution in [3.8, 4) is 11.5 Å². The van der Waals surface area contributed by atoms with Gasteiger partial charge in [0.15, 0.2) is 11.6 Å². The molecule has 2 aromatic carbocycles. The average Bonchev–Trinajstić information content (AvgIpc) is 2.82. The lowest BCUT2D eigenvalue weighted by atomic mass is 9.95. The van der Waals surface area contributed by atoms with E-state index in [1.165, 1.54) is 6.07 Å². The van der Waals surface area contributed by atoms with Crippen molar-refractivity contribution in [3.05, 3.63) is 54.3 Å². The number of piperidine rings is 1. The van der Waals surface area contributed by atoms with Crippen molar-refractivity contribution in [1.82, 2.24) is 4.90 Å². The summed E-state index contributed by atoms with van der Waals surface area (Å²) < 4.78 is 24.8. The fraction of sp³-hybridized carbons (Fsp3) is 0.417. The number of ether oxygens (including phenoxy) is 2. The number of carbonyl (C=O) groups excluding carboxylic acids is 2. The maximum absolute atomic E-state index is 13.7. The van der Waals surface area contributed by atoms with E-state index in [4.69, 9.17) is 9.47 Å². The first-order chi connectivity index (χ1) is 15.1. The number of rotatable bonds is 5. The van der Waals surface area contributed by atoms with Gasteiger partial charge in [0.1, 0.15) is 11.9 Å². The van der Waals surface area contributed by atoms with E-state index in [0.717, 1.165) is 19.3 Å². The van der Waals surface area contributed by atoms with Gasteiger partial charge in [0.05, 0.1) is 0 Å². The Morgan fingerprint density at radius 2 is 1.74 bits per heavy atom. The van der Waals surface area contributed by atoms with Crippen LogP contribution in [0, 0.1) is 11.7 Å². The Hall–Kier alpha value is -2.93. The summed E-state index contributed by atoms with van der Waals surface area (Å²) in [5, 5.41) is 2.92. The molecule has 2 aromatic rings. The Labute approximate surface area is 181 Å². The number of hydrogen-bond acceptors (Lipinski definition) is 4. The van der Waals surface area contributed by atoms with E-state index in [1.807, 2.05) is 4.90 Å². The second-order valence-electron chi connectivity index (χ2n) is 8.00. The van der Waals surface area contributed by atoms with Gasteiger partial charge in [0, 0.05) is 31.3 Å². The molecule has 2 amide bonds. The third kappa shape index (κ3) is 5.41. The molecule has 0 spiro atoms. The van der Waals surface area contributed by atoms with E-state index in [9.17, 15) is 14.0 Å². The molecule has 2 aliphatic heterocycles. The number of halogens is 1. The molecule has 1 atom stereocenters. The monoisotopic (exact) mass is 426 g/mol. The van der Waals surface area contributed by atoms with Crippen LogP contribution in [0.3, 0.4) is 0 Å². The van der Waals surface area contributed by atoms with E-state index < -0.39 is 5.82 Å². The molecule has 1 N–H and O–H groups in total. The minimum absolute atomic E-state index is 0.0520. The fourth-order valence-corrected chi connectivity index (χ4v) is 4.01. The topological polar surface area (TPSA) is 67.9 Å². The van der Waals surface area contributed by atoms with Crippen molar-refractivity contribution in [2.45, 2.75) is 38.2 Å². The summed E-state index contributed by atoms with van der Waals surface area (Å²) in [6.45, 7) is 1.80. The lowest BCUT2D eigenvalue weighted by Gasteiger charge is -2.34. The van der Waals surface area contributed by atoms with Gasteiger partial charge in [-0.2, -0.15) is 0 Å². The quantitative estimate of drug-likeness (QED) is 0.771. The zero-order valence-corrected chi connectivity index (χ0v) is 17.4. The summed E-state index contributed by atoms with van der Waals surface area (Å²) in [6.07, 6.45) is 3.79. The molecular formula is C24H27FN2O4. The number of carbonyl (C=O) groups is 2. The van der Waals surface area contributed by atoms with Crippen LogP contribution < -0.4 is 10.1 Å². The predicted octanol–water partition coefficient (Wildman–Crippen LogP) is 4.36. The maximum Gasteiger partial charge on any atom is 0.251 e. The summed E-state index contributed by atoms with van der Waals surface area (Å²) in [4.78, 5) is 27.0. The van der Waals surface area contributed by atoms with E-state index in [0.29, 0.717) is 44.0 Å². The highest BCUT2D eigenvalue weighted by atomic mass is 19.1. The van der Waals surface area contributed by atoms with Crippen LogP contribution in [0.25, 0.3) is 0 Å². The number of hydrogen-bond donors (Lipinski definition) is 1. The molecule has 7 heteroatoms. The van der Waals surface area contributed by atoms with Gasteiger partial charge in [-0.1, -0.05) is 12.1 Å². The fourth-order valence-electron chi connectivity index (χ4n) is 4.01. The Morgan fingerprint density at radius 1 is 1.00 bits per heavy atom. The van der Waals surface area contributed by atoms with Gasteiger partial charge in [-0.05, 0) is 68.5 Å². The first kappa shape index (κ1) is 21.3. The van der Waals surface area contributed by atoms with E-state index in [-0.39, 0.29) is 29.6 Å². The van der Waals surface area contributed by atoms with Crippen LogP contribution in [-0.4, -0.2) is 42.5 Å². The van der Waals surface area contributed by atoms with Crippen LogP contribution in [0.1, 0.15) is 32.1 Å². The largest absolute Gasteiger partial charge is 0.454 e. The van der Waals surface area contributed by atoms with Crippen LogP contribution in [0.2, 0.25) is 0 Å². The first-order valence-corrected chi connectivity index (χ1v) is 10.8. The van der Waals surface area contributed by atoms with Gasteiger partial charge in [-0.25, -0.2) is 4.39 Å². The van der Waals surface area contributed by atoms with Crippen molar-refractivity contribution in [3.63, 3.8) is 0 Å². The minimum Gasteiger partial charge on any atom is -0.454 e. The predicted molar refractivity (Wildman–Crippen MR) is 114 cm³/mol. The van der Waals surface area contributed by atoms with Crippen molar-refractivity contribution in [2.24, 2.45) is 5.92 Å². The smallest absolute Gasteiger partial charge is 0.251 e. The summed E-state index contributed by atoms with van der Waals surface area (Å²) in [7, 11) is 0. The van der Waals surface area contributed by atoms with Crippen LogP contribution in [-0.2, 0) is 14.3 Å². The molecule has 2 saturated heterocycles. The van der Waals surface area contributed by atoms with Gasteiger partial charge in [0.2, 0.25) is 5.91 Å². The van der Waals surface area contributed by atoms with Crippen LogP contribution in [0.5, 0.6) is 11.5 Å². The van der Waals surface area contributed by atoms with E-state index >= 15 is 0 Å². The van der Waals surface area contributed by atoms with Crippen molar-refractivity contribution in [2.75, 3.05) is 25.0 Å². The molecule has 2 aliphatic rings. The Bertz CT molecular complexity index is 904. The van der Waals surface area contributed by atoms with Crippen LogP contribution >= 0.6 is 0 Å². The van der Waals surface area contributed by atoms with Crippen molar-refractivity contribution < 1.29 is 23.5 Å². The molecule has 6 nitrogen and oxygen atoms in total. The summed E-state index contributed by atoms with van der Waals surface area (Å²) >= 11 is 0. The van der Waals surface area contributed by atoms with Gasteiger partial charge in [0.25, 0.3) is 5.91 Å². The molecule has 4 rings (SSSR count). The Balaban J connectivity index is 1.26. The van der Waals surface area contributed by atoms with Crippen LogP contribution in [0.15, 0.2) is 48.5 Å². The van der Waals surface area contributed by atoms with E-state index in [1.54, 1.807) is 42.5 Å². The molecule has 0 radical (unpaired) electrons. The molecular weight excluding hydrogens is 399 g/mol. The Kier molecular flexibility index (Phi) is 6.82. The molecule has 0 aliphatic carbocycles. The second kappa shape index (κ2) is 9.92. The van der Waals surface area contributed by atoms with Crippen molar-refractivity contribution >= 4 is 17.5 Å². The first-order valence-electron chi connectivity index (χ1n) is 10.8. The molecule has 0 aromatic heterocycles. The maximum atomic E-state index is 13.7. The lowest BCUT2D eigenvalue weighted by Crippen LogP contribution is -2.47. The summed E-state index contributed by atoms with van der Waals surface area (Å²) in [5.41, 5.74) is 0.653. The molecule has 31 heavy (non-hydrogen) atoms. The molecule has 2 fully saturated rings. The standard InChI is InChI=1S/C24H27FN2O4/c25-20-5-1-2-6-21(20)31-19-10-8-18(9-11-19)26-23(28)17-12-14-27(15-13-17)24(29)22-7-3-4-16-30-22/h1-2,5-6,8-11,17,22H,3-4,7,12-16H2,(H,26,28)/t22-/m1/s1. The van der Waals surface area contributed by atoms with Crippen molar-refractivity contribution in [1.29, 1.82) is 0 Å². The normalized spacial score (nSPS) is 19.6. The Morgan fingerprint density at radius 3 is 2.42 bits per heavy atom. The SMILES string of the molecule is O=C(Nc1ccc(Oc2ccccc2F)cc1)C1CCN(C(=O)[C@H]2CCCCO2)CC1. The highest BCUT2D eigenvalue weighted by Gasteiger charge is 2.32. The number of benzene rings is 2. The number of para-hydroxylation sites is 1. The number of amides is 2. The molecule has 2 heterocycles. The summed E-state index contributed by atoms with van der Waals surface area (Å²) in [5.74, 6) is 0.0808. The van der Waals surface area contributed by atoms with Gasteiger partial charge >= 0.3 is 0 Å². The third-order valence-corrected chi connectivity index (χ3v) is 5.82. The zero-order chi connectivity index (χ0) is 21.6. The molecule has 0 unspecified atom stereocenters. The third-order valence-electron chi connectivity index (χ3n) is 5.82. The zero-order valence-electron chi connectivity index (χ0n) is 17.4. The molecule has 0 bridgehead atoms. The number of anilines is 1. The van der Waals surface area contributed by atoms with Crippen LogP contribution in [0.4, 0.5) is 10.1 Å². The highest BCUT2D eigenvalue weighted by molar-refractivity contribution is 5.92. The number of likely N-dealkylation sites (tertiary alicyclic amines) is 1. The van der Waals surface area contributed by atoms with Gasteiger partial charge < -0.3 is 19.7 Å². The summed E-state index contributed by atoms with van der Waals surface area (Å²) in [6, 6.07) is 13.0. The number of nitrogens with zero attached hydrogens (tertiary/aromatic N) is 1.